The highest BCUT2D eigenvalue weighted by molar-refractivity contribution is 6.14. The van der Waals surface area contributed by atoms with E-state index in [-0.39, 0.29) is 0 Å². The van der Waals surface area contributed by atoms with Crippen LogP contribution in [0, 0.1) is 0 Å². The second-order valence-corrected chi connectivity index (χ2v) is 12.8. The lowest BCUT2D eigenvalue weighted by Gasteiger charge is -2.14. The Bertz CT molecular complexity index is 2690. The second-order valence-electron chi connectivity index (χ2n) is 12.8. The fourth-order valence-corrected chi connectivity index (χ4v) is 6.70. The number of anilines is 1. The first-order valence-corrected chi connectivity index (χ1v) is 17.6. The molecule has 53 heavy (non-hydrogen) atoms. The molecule has 0 saturated heterocycles. The van der Waals surface area contributed by atoms with Gasteiger partial charge in [-0.25, -0.2) is 15.0 Å². The third-order valence-electron chi connectivity index (χ3n) is 9.32. The van der Waals surface area contributed by atoms with Crippen LogP contribution in [-0.4, -0.2) is 20.8 Å². The molecule has 0 aliphatic rings. The Kier molecular flexibility index (Phi) is 8.48. The van der Waals surface area contributed by atoms with Crippen molar-refractivity contribution < 1.29 is 0 Å². The molecule has 0 bridgehead atoms. The summed E-state index contributed by atoms with van der Waals surface area (Å²) in [5.41, 5.74) is 10.7. The molecule has 0 unspecified atom stereocenters. The van der Waals surface area contributed by atoms with Crippen LogP contribution in [0.5, 0.6) is 0 Å². The van der Waals surface area contributed by atoms with Crippen LogP contribution in [0.15, 0.2) is 199 Å². The molecule has 0 radical (unpaired) electrons. The second kappa shape index (κ2) is 14.2. The van der Waals surface area contributed by atoms with Gasteiger partial charge in [0.2, 0.25) is 0 Å². The smallest absolute Gasteiger partial charge is 0.160 e. The van der Waals surface area contributed by atoms with Gasteiger partial charge in [-0.05, 0) is 59.0 Å². The van der Waals surface area contributed by atoms with Crippen LogP contribution in [0.1, 0.15) is 5.56 Å². The van der Waals surface area contributed by atoms with Crippen LogP contribution in [-0.2, 0) is 0 Å². The summed E-state index contributed by atoms with van der Waals surface area (Å²) < 4.78 is 0. The number of benzene rings is 7. The van der Waals surface area contributed by atoms with Gasteiger partial charge < -0.3 is 5.32 Å². The van der Waals surface area contributed by atoms with Crippen molar-refractivity contribution in [2.75, 3.05) is 5.32 Å². The van der Waals surface area contributed by atoms with Crippen molar-refractivity contribution in [1.82, 2.24) is 15.0 Å². The molecule has 0 fully saturated rings. The summed E-state index contributed by atoms with van der Waals surface area (Å²) >= 11 is 0. The average Bonchev–Trinajstić information content (AvgIpc) is 3.24. The van der Waals surface area contributed by atoms with Gasteiger partial charge in [0.15, 0.2) is 5.82 Å². The van der Waals surface area contributed by atoms with E-state index in [1.165, 1.54) is 0 Å². The van der Waals surface area contributed by atoms with E-state index in [9.17, 15) is 0 Å². The number of hydrogen-bond donors (Lipinski definition) is 1. The topological polar surface area (TPSA) is 63.1 Å². The van der Waals surface area contributed by atoms with E-state index >= 15 is 0 Å². The lowest BCUT2D eigenvalue weighted by Crippen LogP contribution is -2.13. The van der Waals surface area contributed by atoms with E-state index in [2.05, 4.69) is 133 Å². The molecule has 0 saturated carbocycles. The molecular weight excluding hydrogens is 647 g/mol. The van der Waals surface area contributed by atoms with E-state index in [4.69, 9.17) is 19.9 Å². The largest absolute Gasteiger partial charge is 0.340 e. The van der Waals surface area contributed by atoms with E-state index in [1.54, 1.807) is 0 Å². The lowest BCUT2D eigenvalue weighted by atomic mass is 10.00. The highest BCUT2D eigenvalue weighted by Crippen LogP contribution is 2.34. The molecule has 2 aromatic heterocycles. The maximum Gasteiger partial charge on any atom is 0.160 e. The molecule has 5 heteroatoms. The molecule has 9 rings (SSSR count). The zero-order valence-electron chi connectivity index (χ0n) is 28.8. The Morgan fingerprint density at radius 1 is 0.453 bits per heavy atom. The van der Waals surface area contributed by atoms with Gasteiger partial charge >= 0.3 is 0 Å². The molecule has 5 nitrogen and oxygen atoms in total. The third-order valence-corrected chi connectivity index (χ3v) is 9.32. The maximum atomic E-state index is 5.28. The summed E-state index contributed by atoms with van der Waals surface area (Å²) in [6.45, 7) is 0. The van der Waals surface area contributed by atoms with Gasteiger partial charge in [0.1, 0.15) is 5.84 Å². The standard InChI is InChI=1S/C48H33N5/c1-4-15-33(16-5-1)43-32-44(52-48(51-43)35-19-8-3-9-20-35)39-24-12-22-36(29-39)37-23-13-25-40(30-37)50-47(34-17-6-2-7-18-34)53-45-31-38-21-10-11-26-41(38)46-42(45)27-14-28-49-46/h1-32H,(H,50,53). The summed E-state index contributed by atoms with van der Waals surface area (Å²) in [6.07, 6.45) is 1.84. The summed E-state index contributed by atoms with van der Waals surface area (Å²) in [6, 6.07) is 64.3. The quantitative estimate of drug-likeness (QED) is 0.103. The summed E-state index contributed by atoms with van der Waals surface area (Å²) in [5.74, 6) is 1.45. The van der Waals surface area contributed by atoms with Crippen LogP contribution in [0.3, 0.4) is 0 Å². The minimum atomic E-state index is 0.696. The van der Waals surface area contributed by atoms with Crippen LogP contribution in [0.4, 0.5) is 11.4 Å². The van der Waals surface area contributed by atoms with Crippen molar-refractivity contribution >= 4 is 38.9 Å². The molecule has 250 valence electrons. The Balaban J connectivity index is 1.10. The number of hydrogen-bond acceptors (Lipinski definition) is 4. The molecule has 1 N–H and O–H groups in total. The van der Waals surface area contributed by atoms with E-state index < -0.39 is 0 Å². The third kappa shape index (κ3) is 6.67. The normalized spacial score (nSPS) is 11.5. The molecule has 7 aromatic carbocycles. The minimum absolute atomic E-state index is 0.696. The van der Waals surface area contributed by atoms with Gasteiger partial charge in [0, 0.05) is 44.9 Å². The van der Waals surface area contributed by atoms with E-state index in [1.807, 2.05) is 66.9 Å². The lowest BCUT2D eigenvalue weighted by molar-refractivity contribution is 1.18. The molecule has 9 aromatic rings. The van der Waals surface area contributed by atoms with Gasteiger partial charge in [-0.1, -0.05) is 146 Å². The Morgan fingerprint density at radius 2 is 1.06 bits per heavy atom. The van der Waals surface area contributed by atoms with Crippen molar-refractivity contribution in [2.45, 2.75) is 0 Å². The average molecular weight is 680 g/mol. The number of amidine groups is 1. The van der Waals surface area contributed by atoms with Gasteiger partial charge in [0.05, 0.1) is 22.6 Å². The Hall–Kier alpha value is -7.24. The van der Waals surface area contributed by atoms with E-state index in [0.717, 1.165) is 83.7 Å². The fourth-order valence-electron chi connectivity index (χ4n) is 6.70. The zero-order chi connectivity index (χ0) is 35.4. The first kappa shape index (κ1) is 31.7. The van der Waals surface area contributed by atoms with Crippen LogP contribution in [0.2, 0.25) is 0 Å². The van der Waals surface area contributed by atoms with Gasteiger partial charge in [0.25, 0.3) is 0 Å². The summed E-state index contributed by atoms with van der Waals surface area (Å²) in [4.78, 5) is 20.1. The Morgan fingerprint density at radius 3 is 1.85 bits per heavy atom. The molecule has 0 aliphatic carbocycles. The molecule has 2 heterocycles. The predicted molar refractivity (Wildman–Crippen MR) is 219 cm³/mol. The fraction of sp³-hybridized carbons (Fsp3) is 0. The number of fused-ring (bicyclic) bond motifs is 3. The Labute approximate surface area is 308 Å². The number of rotatable bonds is 7. The van der Waals surface area contributed by atoms with Crippen molar-refractivity contribution in [1.29, 1.82) is 0 Å². The molecule has 0 aliphatic heterocycles. The first-order valence-electron chi connectivity index (χ1n) is 17.6. The van der Waals surface area contributed by atoms with Crippen molar-refractivity contribution in [2.24, 2.45) is 4.99 Å². The van der Waals surface area contributed by atoms with Gasteiger partial charge in [-0.15, -0.1) is 0 Å². The van der Waals surface area contributed by atoms with E-state index in [0.29, 0.717) is 5.82 Å². The van der Waals surface area contributed by atoms with Crippen LogP contribution < -0.4 is 5.32 Å². The molecule has 0 atom stereocenters. The first-order chi connectivity index (χ1) is 26.2. The van der Waals surface area contributed by atoms with Crippen molar-refractivity contribution in [3.63, 3.8) is 0 Å². The highest BCUT2D eigenvalue weighted by atomic mass is 15.0. The summed E-state index contributed by atoms with van der Waals surface area (Å²) in [7, 11) is 0. The number of pyridine rings is 1. The van der Waals surface area contributed by atoms with Crippen LogP contribution >= 0.6 is 0 Å². The SMILES string of the molecule is c1ccc(/C(=N/c2cc3ccccc3c3ncccc23)Nc2cccc(-c3cccc(-c4cc(-c5ccccc5)nc(-c5ccccc5)n4)c3)c2)cc1. The maximum absolute atomic E-state index is 5.28. The monoisotopic (exact) mass is 679 g/mol. The van der Waals surface area contributed by atoms with Gasteiger partial charge in [-0.3, -0.25) is 4.98 Å². The molecular formula is C48H33N5. The number of aromatic nitrogens is 3. The minimum Gasteiger partial charge on any atom is -0.340 e. The number of nitrogens with one attached hydrogen (secondary N) is 1. The molecule has 0 spiro atoms. The number of nitrogens with zero attached hydrogens (tertiary/aromatic N) is 4. The highest BCUT2D eigenvalue weighted by Gasteiger charge is 2.13. The van der Waals surface area contributed by atoms with Gasteiger partial charge in [-0.2, -0.15) is 0 Å². The molecule has 0 amide bonds. The van der Waals surface area contributed by atoms with Crippen LogP contribution in [0.25, 0.3) is 66.7 Å². The van der Waals surface area contributed by atoms with Crippen molar-refractivity contribution in [3.8, 4) is 45.0 Å². The number of aliphatic imine (C=N–C) groups is 1. The predicted octanol–water partition coefficient (Wildman–Crippen LogP) is 12.0. The zero-order valence-corrected chi connectivity index (χ0v) is 28.8. The van der Waals surface area contributed by atoms with Crippen molar-refractivity contribution in [3.05, 3.63) is 200 Å². The summed E-state index contributed by atoms with van der Waals surface area (Å²) in [5, 5.41) is 6.89.